The Hall–Kier alpha value is -1.69. The average Bonchev–Trinajstić information content (AvgIpc) is 2.68. The topological polar surface area (TPSA) is 61.4 Å². The van der Waals surface area contributed by atoms with Crippen LogP contribution in [0.5, 0.6) is 5.75 Å². The molecule has 0 heterocycles. The first kappa shape index (κ1) is 19.1. The molecule has 1 aliphatic carbocycles. The van der Waals surface area contributed by atoms with Gasteiger partial charge in [0.2, 0.25) is 0 Å². The maximum atomic E-state index is 10.6. The van der Waals surface area contributed by atoms with Crippen molar-refractivity contribution < 1.29 is 13.5 Å². The molecule has 2 aromatic carbocycles. The predicted octanol–water partition coefficient (Wildman–Crippen LogP) is 4.31. The lowest BCUT2D eigenvalue weighted by atomic mass is 9.78. The maximum absolute atomic E-state index is 10.6. The quantitative estimate of drug-likeness (QED) is 0.702. The van der Waals surface area contributed by atoms with Gasteiger partial charge in [0, 0.05) is 17.8 Å². The monoisotopic (exact) mass is 372 g/mol. The van der Waals surface area contributed by atoms with Crippen molar-refractivity contribution in [1.82, 2.24) is 4.72 Å². The standard InChI is InChI=1S/C21H27NO3S/c23-26(24)22-15-14-18-8-4-5-9-20(18)16-25-21-12-10-19(11-13-21)17-6-2-1-3-7-17/h1-3,6-7,10-13,18,20,22H,4-5,8-9,14-16H2,(H,23,24)/p-1. The smallest absolute Gasteiger partial charge is 0.119 e. The minimum absolute atomic E-state index is 0.499. The van der Waals surface area contributed by atoms with Crippen molar-refractivity contribution in [3.63, 3.8) is 0 Å². The van der Waals surface area contributed by atoms with Crippen LogP contribution < -0.4 is 9.46 Å². The molecule has 0 aliphatic heterocycles. The molecule has 140 valence electrons. The van der Waals surface area contributed by atoms with E-state index in [2.05, 4.69) is 29.0 Å². The zero-order chi connectivity index (χ0) is 18.2. The van der Waals surface area contributed by atoms with E-state index in [0.717, 1.165) is 25.0 Å². The van der Waals surface area contributed by atoms with Crippen molar-refractivity contribution in [3.05, 3.63) is 54.6 Å². The Kier molecular flexibility index (Phi) is 7.23. The molecule has 0 saturated heterocycles. The van der Waals surface area contributed by atoms with Gasteiger partial charge in [0.05, 0.1) is 6.61 Å². The molecule has 0 aromatic heterocycles. The minimum atomic E-state index is -2.16. The van der Waals surface area contributed by atoms with Gasteiger partial charge in [0.1, 0.15) is 5.75 Å². The molecule has 3 atom stereocenters. The van der Waals surface area contributed by atoms with E-state index in [0.29, 0.717) is 25.0 Å². The number of hydrogen-bond acceptors (Lipinski definition) is 3. The van der Waals surface area contributed by atoms with Crippen LogP contribution in [0.3, 0.4) is 0 Å². The van der Waals surface area contributed by atoms with Gasteiger partial charge in [-0.15, -0.1) is 0 Å². The summed E-state index contributed by atoms with van der Waals surface area (Å²) in [5.41, 5.74) is 2.39. The van der Waals surface area contributed by atoms with E-state index in [1.165, 1.54) is 24.0 Å². The van der Waals surface area contributed by atoms with Gasteiger partial charge in [0.25, 0.3) is 0 Å². The number of nitrogens with one attached hydrogen (secondary N) is 1. The third-order valence-electron chi connectivity index (χ3n) is 5.23. The molecule has 3 rings (SSSR count). The van der Waals surface area contributed by atoms with E-state index in [1.807, 2.05) is 30.3 Å². The van der Waals surface area contributed by atoms with E-state index in [9.17, 15) is 8.76 Å². The molecule has 26 heavy (non-hydrogen) atoms. The summed E-state index contributed by atoms with van der Waals surface area (Å²) in [7, 11) is 0. The minimum Gasteiger partial charge on any atom is -0.760 e. The van der Waals surface area contributed by atoms with Crippen molar-refractivity contribution >= 4 is 11.3 Å². The molecule has 0 bridgehead atoms. The summed E-state index contributed by atoms with van der Waals surface area (Å²) in [5, 5.41) is 0. The molecule has 0 amide bonds. The Morgan fingerprint density at radius 2 is 1.62 bits per heavy atom. The highest BCUT2D eigenvalue weighted by molar-refractivity contribution is 7.77. The number of ether oxygens (including phenoxy) is 1. The van der Waals surface area contributed by atoms with Crippen LogP contribution in [0.25, 0.3) is 11.1 Å². The third-order valence-corrected chi connectivity index (χ3v) is 5.67. The van der Waals surface area contributed by atoms with Gasteiger partial charge in [-0.25, -0.2) is 4.72 Å². The Labute approximate surface area is 158 Å². The molecule has 0 spiro atoms. The Bertz CT molecular complexity index is 690. The molecule has 5 heteroatoms. The van der Waals surface area contributed by atoms with E-state index in [-0.39, 0.29) is 0 Å². The number of benzene rings is 2. The Balaban J connectivity index is 1.52. The molecular formula is C21H26NO3S-. The summed E-state index contributed by atoms with van der Waals surface area (Å²) < 4.78 is 29.8. The summed E-state index contributed by atoms with van der Waals surface area (Å²) in [6, 6.07) is 18.6. The summed E-state index contributed by atoms with van der Waals surface area (Å²) in [6.45, 7) is 1.22. The molecule has 1 saturated carbocycles. The van der Waals surface area contributed by atoms with Gasteiger partial charge in [0.15, 0.2) is 0 Å². The molecule has 3 unspecified atom stereocenters. The number of hydrogen-bond donors (Lipinski definition) is 1. The van der Waals surface area contributed by atoms with Crippen LogP contribution in [0.1, 0.15) is 32.1 Å². The lowest BCUT2D eigenvalue weighted by Crippen LogP contribution is -2.29. The zero-order valence-corrected chi connectivity index (χ0v) is 15.8. The summed E-state index contributed by atoms with van der Waals surface area (Å²) in [5.74, 6) is 1.93. The molecule has 1 fully saturated rings. The van der Waals surface area contributed by atoms with Gasteiger partial charge in [-0.2, -0.15) is 0 Å². The van der Waals surface area contributed by atoms with Crippen molar-refractivity contribution in [2.75, 3.05) is 13.2 Å². The average molecular weight is 373 g/mol. The maximum Gasteiger partial charge on any atom is 0.119 e. The third kappa shape index (κ3) is 5.66. The molecule has 2 aromatic rings. The van der Waals surface area contributed by atoms with Crippen LogP contribution in [0.2, 0.25) is 0 Å². The first-order chi connectivity index (χ1) is 12.7. The zero-order valence-electron chi connectivity index (χ0n) is 14.9. The van der Waals surface area contributed by atoms with Crippen molar-refractivity contribution in [1.29, 1.82) is 0 Å². The van der Waals surface area contributed by atoms with Crippen molar-refractivity contribution in [2.24, 2.45) is 11.8 Å². The fraction of sp³-hybridized carbons (Fsp3) is 0.429. The molecule has 1 N–H and O–H groups in total. The second-order valence-corrected chi connectivity index (χ2v) is 7.68. The van der Waals surface area contributed by atoms with Gasteiger partial charge in [-0.1, -0.05) is 61.7 Å². The fourth-order valence-corrected chi connectivity index (χ4v) is 4.07. The molecule has 4 nitrogen and oxygen atoms in total. The van der Waals surface area contributed by atoms with Crippen LogP contribution in [0.15, 0.2) is 54.6 Å². The van der Waals surface area contributed by atoms with Crippen LogP contribution in [0.4, 0.5) is 0 Å². The van der Waals surface area contributed by atoms with Crippen LogP contribution >= 0.6 is 0 Å². The second-order valence-electron chi connectivity index (χ2n) is 6.92. The SMILES string of the molecule is O=S([O-])NCCC1CCCCC1COc1ccc(-c2ccccc2)cc1. The van der Waals surface area contributed by atoms with E-state index < -0.39 is 11.3 Å². The molecule has 1 aliphatic rings. The van der Waals surface area contributed by atoms with Gasteiger partial charge in [-0.3, -0.25) is 4.21 Å². The van der Waals surface area contributed by atoms with Crippen LogP contribution in [-0.2, 0) is 11.3 Å². The van der Waals surface area contributed by atoms with Crippen LogP contribution in [-0.4, -0.2) is 21.9 Å². The highest BCUT2D eigenvalue weighted by Gasteiger charge is 2.25. The first-order valence-corrected chi connectivity index (χ1v) is 10.4. The van der Waals surface area contributed by atoms with Crippen LogP contribution in [0, 0.1) is 11.8 Å². The highest BCUT2D eigenvalue weighted by atomic mass is 32.2. The molecule has 0 radical (unpaired) electrons. The van der Waals surface area contributed by atoms with Gasteiger partial charge in [-0.05, 0) is 47.9 Å². The van der Waals surface area contributed by atoms with E-state index >= 15 is 0 Å². The second kappa shape index (κ2) is 9.86. The van der Waals surface area contributed by atoms with E-state index in [1.54, 1.807) is 0 Å². The lowest BCUT2D eigenvalue weighted by Gasteiger charge is -2.31. The van der Waals surface area contributed by atoms with Gasteiger partial charge < -0.3 is 9.29 Å². The lowest BCUT2D eigenvalue weighted by molar-refractivity contribution is 0.143. The molecular weight excluding hydrogens is 346 g/mol. The fourth-order valence-electron chi connectivity index (χ4n) is 3.79. The van der Waals surface area contributed by atoms with E-state index in [4.69, 9.17) is 4.74 Å². The summed E-state index contributed by atoms with van der Waals surface area (Å²) in [6.07, 6.45) is 5.67. The van der Waals surface area contributed by atoms with Gasteiger partial charge >= 0.3 is 0 Å². The highest BCUT2D eigenvalue weighted by Crippen LogP contribution is 2.33. The largest absolute Gasteiger partial charge is 0.760 e. The van der Waals surface area contributed by atoms with Crippen molar-refractivity contribution in [3.8, 4) is 16.9 Å². The normalized spacial score (nSPS) is 21.3. The number of rotatable bonds is 8. The first-order valence-electron chi connectivity index (χ1n) is 9.33. The van der Waals surface area contributed by atoms with Crippen molar-refractivity contribution in [2.45, 2.75) is 32.1 Å². The summed E-state index contributed by atoms with van der Waals surface area (Å²) >= 11 is -2.16. The Morgan fingerprint density at radius 1 is 0.962 bits per heavy atom. The predicted molar refractivity (Wildman–Crippen MR) is 104 cm³/mol. The summed E-state index contributed by atoms with van der Waals surface area (Å²) in [4.78, 5) is 0. The Morgan fingerprint density at radius 3 is 2.31 bits per heavy atom.